The Bertz CT molecular complexity index is 1100. The lowest BCUT2D eigenvalue weighted by Gasteiger charge is -2.14. The summed E-state index contributed by atoms with van der Waals surface area (Å²) in [4.78, 5) is 10.9. The van der Waals surface area contributed by atoms with Crippen LogP contribution in [-0.4, -0.2) is 11.1 Å². The molecule has 4 heteroatoms. The molecule has 1 N–H and O–H groups in total. The minimum absolute atomic E-state index is 0.101. The molecule has 0 bridgehead atoms. The fraction of sp³-hybridized carbons (Fsp3) is 0.125. The van der Waals surface area contributed by atoms with Crippen molar-refractivity contribution in [2.75, 3.05) is 0 Å². The first-order valence-corrected chi connectivity index (χ1v) is 9.18. The Morgan fingerprint density at radius 3 is 2.57 bits per heavy atom. The van der Waals surface area contributed by atoms with Crippen molar-refractivity contribution in [3.63, 3.8) is 0 Å². The monoisotopic (exact) mass is 372 g/mol. The number of aliphatic carboxylic acids is 1. The highest BCUT2D eigenvalue weighted by Gasteiger charge is 2.11. The van der Waals surface area contributed by atoms with Gasteiger partial charge >= 0.3 is 5.97 Å². The average molecular weight is 372 g/mol. The van der Waals surface area contributed by atoms with E-state index in [0.717, 1.165) is 33.6 Å². The normalized spacial score (nSPS) is 10.9. The minimum Gasteiger partial charge on any atom is -0.485 e. The van der Waals surface area contributed by atoms with Crippen molar-refractivity contribution in [1.29, 1.82) is 0 Å². The van der Waals surface area contributed by atoms with E-state index in [2.05, 4.69) is 30.3 Å². The van der Waals surface area contributed by atoms with Crippen molar-refractivity contribution < 1.29 is 19.1 Å². The third-order valence-electron chi connectivity index (χ3n) is 4.68. The van der Waals surface area contributed by atoms with Gasteiger partial charge in [0, 0.05) is 12.0 Å². The average Bonchev–Trinajstić information content (AvgIpc) is 3.24. The maximum Gasteiger partial charge on any atom is 0.303 e. The zero-order chi connectivity index (χ0) is 19.3. The summed E-state index contributed by atoms with van der Waals surface area (Å²) >= 11 is 0. The molecule has 0 spiro atoms. The Labute approximate surface area is 163 Å². The lowest BCUT2D eigenvalue weighted by molar-refractivity contribution is -0.136. The summed E-state index contributed by atoms with van der Waals surface area (Å²) in [7, 11) is 0. The van der Waals surface area contributed by atoms with Crippen LogP contribution in [0.3, 0.4) is 0 Å². The maximum absolute atomic E-state index is 10.9. The van der Waals surface area contributed by atoms with Gasteiger partial charge in [0.25, 0.3) is 0 Å². The molecule has 1 aromatic heterocycles. The number of carboxylic acid groups (broad SMARTS) is 1. The number of carbonyl (C=O) groups is 1. The van der Waals surface area contributed by atoms with Gasteiger partial charge in [-0.25, -0.2) is 0 Å². The first kappa shape index (κ1) is 17.9. The van der Waals surface area contributed by atoms with Crippen molar-refractivity contribution >= 4 is 16.7 Å². The van der Waals surface area contributed by atoms with Crippen LogP contribution in [0.5, 0.6) is 5.75 Å². The minimum atomic E-state index is -0.801. The first-order chi connectivity index (χ1) is 13.7. The third-order valence-corrected chi connectivity index (χ3v) is 4.68. The summed E-state index contributed by atoms with van der Waals surface area (Å²) in [5.74, 6) is 0.690. The van der Waals surface area contributed by atoms with E-state index in [4.69, 9.17) is 14.3 Å². The van der Waals surface area contributed by atoms with Gasteiger partial charge in [0.05, 0.1) is 6.26 Å². The van der Waals surface area contributed by atoms with Gasteiger partial charge in [0.1, 0.15) is 18.1 Å². The maximum atomic E-state index is 10.9. The van der Waals surface area contributed by atoms with E-state index in [9.17, 15) is 4.79 Å². The molecule has 28 heavy (non-hydrogen) atoms. The van der Waals surface area contributed by atoms with Gasteiger partial charge in [-0.2, -0.15) is 0 Å². The number of hydrogen-bond donors (Lipinski definition) is 1. The Morgan fingerprint density at radius 1 is 0.929 bits per heavy atom. The molecule has 0 saturated heterocycles. The Kier molecular flexibility index (Phi) is 5.11. The van der Waals surface area contributed by atoms with Crippen LogP contribution in [0.15, 0.2) is 83.5 Å². The lowest BCUT2D eigenvalue weighted by Crippen LogP contribution is -2.00. The molecule has 4 nitrogen and oxygen atoms in total. The number of carboxylic acids is 1. The lowest BCUT2D eigenvalue weighted by atomic mass is 9.97. The van der Waals surface area contributed by atoms with E-state index in [1.807, 2.05) is 42.5 Å². The smallest absolute Gasteiger partial charge is 0.303 e. The third kappa shape index (κ3) is 4.07. The molecule has 4 aromatic rings. The van der Waals surface area contributed by atoms with Crippen LogP contribution in [0.1, 0.15) is 17.7 Å². The highest BCUT2D eigenvalue weighted by atomic mass is 16.5. The number of rotatable bonds is 7. The zero-order valence-electron chi connectivity index (χ0n) is 15.3. The molecule has 0 aliphatic rings. The summed E-state index contributed by atoms with van der Waals surface area (Å²) < 4.78 is 11.4. The predicted octanol–water partition coefficient (Wildman–Crippen LogP) is 5.70. The molecular weight excluding hydrogens is 352 g/mol. The van der Waals surface area contributed by atoms with Gasteiger partial charge < -0.3 is 14.3 Å². The van der Waals surface area contributed by atoms with Crippen molar-refractivity contribution in [3.05, 3.63) is 90.4 Å². The fourth-order valence-electron chi connectivity index (χ4n) is 3.24. The standard InChI is InChI=1S/C24H20O4/c25-24(26)12-8-17-7-11-23(28-16-21-6-3-13-27-21)22(14-17)20-10-9-18-4-1-2-5-19(18)15-20/h1-7,9-11,13-15H,8,12,16H2,(H,25,26). The number of furan rings is 1. The molecule has 0 aliphatic carbocycles. The molecule has 0 aliphatic heterocycles. The molecule has 3 aromatic carbocycles. The molecule has 0 fully saturated rings. The number of ether oxygens (including phenoxy) is 1. The summed E-state index contributed by atoms with van der Waals surface area (Å²) in [6.45, 7) is 0.335. The summed E-state index contributed by atoms with van der Waals surface area (Å²) in [5.41, 5.74) is 2.95. The van der Waals surface area contributed by atoms with Crippen molar-refractivity contribution in [2.45, 2.75) is 19.4 Å². The number of fused-ring (bicyclic) bond motifs is 1. The highest BCUT2D eigenvalue weighted by molar-refractivity contribution is 5.88. The summed E-state index contributed by atoms with van der Waals surface area (Å²) in [6, 6.07) is 24.0. The summed E-state index contributed by atoms with van der Waals surface area (Å²) in [5, 5.41) is 11.3. The quantitative estimate of drug-likeness (QED) is 0.452. The van der Waals surface area contributed by atoms with Crippen LogP contribution in [0.4, 0.5) is 0 Å². The molecule has 4 rings (SSSR count). The molecule has 1 heterocycles. The number of aryl methyl sites for hydroxylation is 1. The van der Waals surface area contributed by atoms with Crippen molar-refractivity contribution in [1.82, 2.24) is 0 Å². The number of hydrogen-bond acceptors (Lipinski definition) is 3. The zero-order valence-corrected chi connectivity index (χ0v) is 15.3. The van der Waals surface area contributed by atoms with Crippen molar-refractivity contribution in [3.8, 4) is 16.9 Å². The molecule has 0 saturated carbocycles. The van der Waals surface area contributed by atoms with E-state index >= 15 is 0 Å². The van der Waals surface area contributed by atoms with Crippen LogP contribution >= 0.6 is 0 Å². The Hall–Kier alpha value is -3.53. The molecule has 0 radical (unpaired) electrons. The van der Waals surface area contributed by atoms with E-state index in [1.54, 1.807) is 6.26 Å². The van der Waals surface area contributed by atoms with Crippen LogP contribution in [0.25, 0.3) is 21.9 Å². The van der Waals surface area contributed by atoms with Crippen LogP contribution < -0.4 is 4.74 Å². The van der Waals surface area contributed by atoms with Gasteiger partial charge in [-0.3, -0.25) is 4.79 Å². The summed E-state index contributed by atoms with van der Waals surface area (Å²) in [6.07, 6.45) is 2.20. The van der Waals surface area contributed by atoms with Gasteiger partial charge in [0.15, 0.2) is 0 Å². The SMILES string of the molecule is O=C(O)CCc1ccc(OCc2ccco2)c(-c2ccc3ccccc3c2)c1. The van der Waals surface area contributed by atoms with E-state index in [-0.39, 0.29) is 6.42 Å². The fourth-order valence-corrected chi connectivity index (χ4v) is 3.24. The van der Waals surface area contributed by atoms with Gasteiger partial charge in [-0.15, -0.1) is 0 Å². The molecule has 0 unspecified atom stereocenters. The molecule has 0 amide bonds. The van der Waals surface area contributed by atoms with Crippen LogP contribution in [0, 0.1) is 0 Å². The molecular formula is C24H20O4. The second-order valence-electron chi connectivity index (χ2n) is 6.65. The van der Waals surface area contributed by atoms with Crippen LogP contribution in [-0.2, 0) is 17.8 Å². The first-order valence-electron chi connectivity index (χ1n) is 9.18. The number of benzene rings is 3. The topological polar surface area (TPSA) is 59.7 Å². The second kappa shape index (κ2) is 8.01. The largest absolute Gasteiger partial charge is 0.485 e. The van der Waals surface area contributed by atoms with E-state index in [1.165, 1.54) is 5.39 Å². The van der Waals surface area contributed by atoms with E-state index in [0.29, 0.717) is 13.0 Å². The Morgan fingerprint density at radius 2 is 1.79 bits per heavy atom. The molecule has 140 valence electrons. The van der Waals surface area contributed by atoms with Crippen molar-refractivity contribution in [2.24, 2.45) is 0 Å². The Balaban J connectivity index is 1.70. The van der Waals surface area contributed by atoms with Gasteiger partial charge in [-0.05, 0) is 58.7 Å². The van der Waals surface area contributed by atoms with Gasteiger partial charge in [-0.1, -0.05) is 42.5 Å². The van der Waals surface area contributed by atoms with Crippen LogP contribution in [0.2, 0.25) is 0 Å². The predicted molar refractivity (Wildman–Crippen MR) is 108 cm³/mol. The van der Waals surface area contributed by atoms with Gasteiger partial charge in [0.2, 0.25) is 0 Å². The highest BCUT2D eigenvalue weighted by Crippen LogP contribution is 2.34. The second-order valence-corrected chi connectivity index (χ2v) is 6.65. The van der Waals surface area contributed by atoms with E-state index < -0.39 is 5.97 Å². The molecule has 0 atom stereocenters.